The monoisotopic (exact) mass is 286 g/mol. The van der Waals surface area contributed by atoms with Crippen molar-refractivity contribution in [3.8, 4) is 0 Å². The molecule has 2 nitrogen and oxygen atoms in total. The van der Waals surface area contributed by atoms with Crippen LogP contribution in [0.5, 0.6) is 0 Å². The summed E-state index contributed by atoms with van der Waals surface area (Å²) in [5.41, 5.74) is 3.51. The lowest BCUT2D eigenvalue weighted by Crippen LogP contribution is -1.88. The number of aryl methyl sites for hydroxylation is 2. The summed E-state index contributed by atoms with van der Waals surface area (Å²) in [5.74, 6) is 0. The zero-order valence-corrected chi connectivity index (χ0v) is 9.87. The third-order valence-corrected chi connectivity index (χ3v) is 2.93. The molecule has 68 valence electrons. The predicted octanol–water partition coefficient (Wildman–Crippen LogP) is 2.81. The largest absolute Gasteiger partial charge is 0.304 e. The molecule has 2 aromatic heterocycles. The summed E-state index contributed by atoms with van der Waals surface area (Å²) < 4.78 is 3.37. The van der Waals surface area contributed by atoms with Gasteiger partial charge in [0.05, 0.1) is 5.69 Å². The summed E-state index contributed by atoms with van der Waals surface area (Å²) in [6.45, 7) is 4.26. The molecule has 0 aromatic carbocycles. The number of rotatable bonds is 1. The number of aromatic nitrogens is 2. The van der Waals surface area contributed by atoms with Crippen LogP contribution in [0.2, 0.25) is 0 Å². The fourth-order valence-corrected chi connectivity index (χ4v) is 1.97. The van der Waals surface area contributed by atoms with Crippen LogP contribution in [0.1, 0.15) is 18.3 Å². The zero-order chi connectivity index (χ0) is 9.42. The fourth-order valence-electron chi connectivity index (χ4n) is 1.53. The van der Waals surface area contributed by atoms with Crippen LogP contribution in [0.3, 0.4) is 0 Å². The van der Waals surface area contributed by atoms with Crippen LogP contribution in [0.4, 0.5) is 0 Å². The average Bonchev–Trinajstić information content (AvgIpc) is 2.42. The van der Waals surface area contributed by atoms with Crippen molar-refractivity contribution >= 4 is 28.2 Å². The molecule has 0 saturated heterocycles. The van der Waals surface area contributed by atoms with Gasteiger partial charge < -0.3 is 4.40 Å². The third-order valence-electron chi connectivity index (χ3n) is 2.26. The SMILES string of the molecule is CCc1nc2cc(I)ccn2c1C. The number of hydrogen-bond donors (Lipinski definition) is 0. The van der Waals surface area contributed by atoms with Gasteiger partial charge in [-0.05, 0) is 48.1 Å². The highest BCUT2D eigenvalue weighted by Gasteiger charge is 2.05. The first-order valence-corrected chi connectivity index (χ1v) is 5.43. The van der Waals surface area contributed by atoms with E-state index in [0.717, 1.165) is 12.1 Å². The van der Waals surface area contributed by atoms with Gasteiger partial charge in [0.2, 0.25) is 0 Å². The van der Waals surface area contributed by atoms with Gasteiger partial charge >= 0.3 is 0 Å². The normalized spacial score (nSPS) is 11.0. The standard InChI is InChI=1S/C10H11IN2/c1-3-9-7(2)13-5-4-8(11)6-10(13)12-9/h4-6H,3H2,1-2H3. The molecular formula is C10H11IN2. The smallest absolute Gasteiger partial charge is 0.138 e. The molecule has 3 heteroatoms. The van der Waals surface area contributed by atoms with E-state index in [2.05, 4.69) is 64.2 Å². The fraction of sp³-hybridized carbons (Fsp3) is 0.300. The van der Waals surface area contributed by atoms with E-state index in [1.165, 1.54) is 15.0 Å². The van der Waals surface area contributed by atoms with Crippen LogP contribution in [-0.4, -0.2) is 9.38 Å². The predicted molar refractivity (Wildman–Crippen MR) is 62.0 cm³/mol. The molecule has 0 spiro atoms. The van der Waals surface area contributed by atoms with Gasteiger partial charge in [-0.2, -0.15) is 0 Å². The van der Waals surface area contributed by atoms with Gasteiger partial charge in [-0.25, -0.2) is 4.98 Å². The summed E-state index contributed by atoms with van der Waals surface area (Å²) in [7, 11) is 0. The molecule has 0 aliphatic heterocycles. The first-order chi connectivity index (χ1) is 6.22. The van der Waals surface area contributed by atoms with Crippen molar-refractivity contribution < 1.29 is 0 Å². The van der Waals surface area contributed by atoms with Crippen LogP contribution in [-0.2, 0) is 6.42 Å². The van der Waals surface area contributed by atoms with Crippen molar-refractivity contribution in [3.63, 3.8) is 0 Å². The maximum Gasteiger partial charge on any atom is 0.138 e. The minimum Gasteiger partial charge on any atom is -0.304 e. The highest BCUT2D eigenvalue weighted by molar-refractivity contribution is 14.1. The second kappa shape index (κ2) is 3.29. The Labute approximate surface area is 91.1 Å². The summed E-state index contributed by atoms with van der Waals surface area (Å²) >= 11 is 2.31. The zero-order valence-electron chi connectivity index (χ0n) is 7.71. The number of nitrogens with zero attached hydrogens (tertiary/aromatic N) is 2. The second-order valence-electron chi connectivity index (χ2n) is 3.07. The molecule has 2 rings (SSSR count). The first kappa shape index (κ1) is 8.99. The van der Waals surface area contributed by atoms with Gasteiger partial charge in [0.1, 0.15) is 5.65 Å². The Balaban J connectivity index is 2.76. The third kappa shape index (κ3) is 1.45. The van der Waals surface area contributed by atoms with Crippen molar-refractivity contribution in [2.45, 2.75) is 20.3 Å². The molecule has 13 heavy (non-hydrogen) atoms. The van der Waals surface area contributed by atoms with Crippen LogP contribution >= 0.6 is 22.6 Å². The Morgan fingerprint density at radius 1 is 1.54 bits per heavy atom. The van der Waals surface area contributed by atoms with Crippen molar-refractivity contribution in [2.75, 3.05) is 0 Å². The maximum absolute atomic E-state index is 4.55. The highest BCUT2D eigenvalue weighted by atomic mass is 127. The summed E-state index contributed by atoms with van der Waals surface area (Å²) in [5, 5.41) is 0. The molecule has 0 amide bonds. The molecule has 0 aliphatic rings. The Kier molecular flexibility index (Phi) is 2.27. The van der Waals surface area contributed by atoms with Gasteiger partial charge in [0.15, 0.2) is 0 Å². The van der Waals surface area contributed by atoms with Crippen LogP contribution in [0, 0.1) is 10.5 Å². The molecule has 0 aliphatic carbocycles. The summed E-state index contributed by atoms with van der Waals surface area (Å²) in [4.78, 5) is 4.55. The van der Waals surface area contributed by atoms with E-state index in [9.17, 15) is 0 Å². The van der Waals surface area contributed by atoms with Crippen LogP contribution in [0.15, 0.2) is 18.3 Å². The molecule has 0 radical (unpaired) electrons. The van der Waals surface area contributed by atoms with E-state index in [-0.39, 0.29) is 0 Å². The maximum atomic E-state index is 4.55. The van der Waals surface area contributed by atoms with Gasteiger partial charge in [0.25, 0.3) is 0 Å². The Morgan fingerprint density at radius 2 is 2.31 bits per heavy atom. The number of pyridine rings is 1. The van der Waals surface area contributed by atoms with E-state index in [1.807, 2.05) is 0 Å². The van der Waals surface area contributed by atoms with Gasteiger partial charge in [-0.3, -0.25) is 0 Å². The van der Waals surface area contributed by atoms with Crippen molar-refractivity contribution in [1.29, 1.82) is 0 Å². The lowest BCUT2D eigenvalue weighted by atomic mass is 10.3. The van der Waals surface area contributed by atoms with Gasteiger partial charge in [-0.1, -0.05) is 6.92 Å². The minimum atomic E-state index is 1.00. The van der Waals surface area contributed by atoms with E-state index < -0.39 is 0 Å². The Morgan fingerprint density at radius 3 is 3.00 bits per heavy atom. The topological polar surface area (TPSA) is 17.3 Å². The van der Waals surface area contributed by atoms with E-state index in [0.29, 0.717) is 0 Å². The molecule has 0 atom stereocenters. The lowest BCUT2D eigenvalue weighted by molar-refractivity contribution is 1.02. The summed E-state index contributed by atoms with van der Waals surface area (Å²) in [6.07, 6.45) is 3.09. The number of imidazole rings is 1. The quantitative estimate of drug-likeness (QED) is 0.737. The number of hydrogen-bond acceptors (Lipinski definition) is 1. The van der Waals surface area contributed by atoms with Gasteiger partial charge in [0, 0.05) is 15.5 Å². The van der Waals surface area contributed by atoms with Gasteiger partial charge in [-0.15, -0.1) is 0 Å². The van der Waals surface area contributed by atoms with Crippen LogP contribution < -0.4 is 0 Å². The van der Waals surface area contributed by atoms with E-state index in [1.54, 1.807) is 0 Å². The Bertz CT molecular complexity index is 445. The van der Waals surface area contributed by atoms with Crippen molar-refractivity contribution in [3.05, 3.63) is 33.3 Å². The second-order valence-corrected chi connectivity index (χ2v) is 4.32. The first-order valence-electron chi connectivity index (χ1n) is 4.35. The molecule has 2 aromatic rings. The van der Waals surface area contributed by atoms with Crippen molar-refractivity contribution in [2.24, 2.45) is 0 Å². The van der Waals surface area contributed by atoms with Crippen LogP contribution in [0.25, 0.3) is 5.65 Å². The highest BCUT2D eigenvalue weighted by Crippen LogP contribution is 2.14. The van der Waals surface area contributed by atoms with E-state index in [4.69, 9.17) is 0 Å². The molecule has 0 N–H and O–H groups in total. The minimum absolute atomic E-state index is 1.00. The average molecular weight is 286 g/mol. The molecule has 0 unspecified atom stereocenters. The molecule has 2 heterocycles. The summed E-state index contributed by atoms with van der Waals surface area (Å²) in [6, 6.07) is 4.20. The Hall–Kier alpha value is -0.580. The molecule has 0 fully saturated rings. The molecule has 0 saturated carbocycles. The molecule has 0 bridgehead atoms. The number of fused-ring (bicyclic) bond motifs is 1. The van der Waals surface area contributed by atoms with E-state index >= 15 is 0 Å². The molecular weight excluding hydrogens is 275 g/mol. The number of halogens is 1. The van der Waals surface area contributed by atoms with Crippen molar-refractivity contribution in [1.82, 2.24) is 9.38 Å². The lowest BCUT2D eigenvalue weighted by Gasteiger charge is -1.96.